The van der Waals surface area contributed by atoms with Gasteiger partial charge in [-0.05, 0) is 31.8 Å². The quantitative estimate of drug-likeness (QED) is 0.828. The fourth-order valence-electron chi connectivity index (χ4n) is 2.76. The van der Waals surface area contributed by atoms with Crippen LogP contribution in [-0.4, -0.2) is 37.7 Å². The SMILES string of the molecule is O=c1cc(C(F)F)ncn1CC1CCN(Cc2ncno2)CC1. The largest absolute Gasteiger partial charge is 0.338 e. The Balaban J connectivity index is 1.53. The average Bonchev–Trinajstić information content (AvgIpc) is 3.04. The molecule has 0 aromatic carbocycles. The molecular formula is C14H17F2N5O2. The summed E-state index contributed by atoms with van der Waals surface area (Å²) in [6.07, 6.45) is 1.71. The van der Waals surface area contributed by atoms with Gasteiger partial charge in [-0.3, -0.25) is 14.3 Å². The van der Waals surface area contributed by atoms with Crippen LogP contribution in [0.1, 0.15) is 30.9 Å². The van der Waals surface area contributed by atoms with Crippen molar-refractivity contribution in [2.75, 3.05) is 13.1 Å². The lowest BCUT2D eigenvalue weighted by Crippen LogP contribution is -2.36. The standard InChI is InChI=1S/C14H17F2N5O2/c15-14(16)11-5-13(22)21(9-18-11)6-10-1-3-20(4-2-10)7-12-17-8-19-23-12/h5,8-10,14H,1-4,6-7H2. The van der Waals surface area contributed by atoms with Gasteiger partial charge in [0.05, 0.1) is 12.9 Å². The fourth-order valence-corrected chi connectivity index (χ4v) is 2.76. The molecule has 0 N–H and O–H groups in total. The van der Waals surface area contributed by atoms with Crippen LogP contribution in [0.5, 0.6) is 0 Å². The molecule has 2 aromatic heterocycles. The van der Waals surface area contributed by atoms with Gasteiger partial charge in [0.15, 0.2) is 6.33 Å². The first-order valence-electron chi connectivity index (χ1n) is 7.44. The van der Waals surface area contributed by atoms with E-state index in [4.69, 9.17) is 4.52 Å². The van der Waals surface area contributed by atoms with E-state index in [2.05, 4.69) is 20.0 Å². The molecule has 124 valence electrons. The second kappa shape index (κ2) is 6.95. The van der Waals surface area contributed by atoms with Crippen molar-refractivity contribution >= 4 is 0 Å². The molecule has 7 nitrogen and oxygen atoms in total. The van der Waals surface area contributed by atoms with E-state index in [0.717, 1.165) is 32.0 Å². The molecule has 2 aromatic rings. The van der Waals surface area contributed by atoms with E-state index in [1.54, 1.807) is 0 Å². The number of likely N-dealkylation sites (tertiary alicyclic amines) is 1. The smallest absolute Gasteiger partial charge is 0.280 e. The van der Waals surface area contributed by atoms with Crippen LogP contribution < -0.4 is 5.56 Å². The van der Waals surface area contributed by atoms with Gasteiger partial charge in [0.2, 0.25) is 5.89 Å². The molecule has 1 saturated heterocycles. The molecule has 0 spiro atoms. The first kappa shape index (κ1) is 15.7. The van der Waals surface area contributed by atoms with Crippen LogP contribution in [0.4, 0.5) is 8.78 Å². The molecule has 1 aliphatic rings. The van der Waals surface area contributed by atoms with E-state index in [9.17, 15) is 13.6 Å². The van der Waals surface area contributed by atoms with Crippen molar-refractivity contribution in [1.82, 2.24) is 24.6 Å². The van der Waals surface area contributed by atoms with Crippen LogP contribution in [-0.2, 0) is 13.1 Å². The van der Waals surface area contributed by atoms with Crippen molar-refractivity contribution in [1.29, 1.82) is 0 Å². The van der Waals surface area contributed by atoms with E-state index in [-0.39, 0.29) is 0 Å². The maximum Gasteiger partial charge on any atom is 0.280 e. The summed E-state index contributed by atoms with van der Waals surface area (Å²) in [5, 5.41) is 3.58. The minimum absolute atomic E-state index is 0.325. The number of halogens is 2. The monoisotopic (exact) mass is 325 g/mol. The highest BCUT2D eigenvalue weighted by molar-refractivity contribution is 5.00. The Morgan fingerprint density at radius 2 is 2.09 bits per heavy atom. The molecule has 1 fully saturated rings. The first-order valence-corrected chi connectivity index (χ1v) is 7.44. The minimum atomic E-state index is -2.72. The zero-order valence-electron chi connectivity index (χ0n) is 12.4. The third kappa shape index (κ3) is 3.98. The molecule has 0 atom stereocenters. The summed E-state index contributed by atoms with van der Waals surface area (Å²) >= 11 is 0. The van der Waals surface area contributed by atoms with Crippen LogP contribution in [0, 0.1) is 5.92 Å². The summed E-state index contributed by atoms with van der Waals surface area (Å²) in [6, 6.07) is 0.912. The molecule has 0 bridgehead atoms. The summed E-state index contributed by atoms with van der Waals surface area (Å²) < 4.78 is 31.4. The van der Waals surface area contributed by atoms with Crippen LogP contribution in [0.3, 0.4) is 0 Å². The minimum Gasteiger partial charge on any atom is -0.338 e. The number of hydrogen-bond donors (Lipinski definition) is 0. The van der Waals surface area contributed by atoms with Crippen LogP contribution in [0.15, 0.2) is 28.0 Å². The van der Waals surface area contributed by atoms with Gasteiger partial charge in [-0.15, -0.1) is 0 Å². The molecule has 3 rings (SSSR count). The lowest BCUT2D eigenvalue weighted by atomic mass is 9.96. The lowest BCUT2D eigenvalue weighted by molar-refractivity contribution is 0.143. The Kier molecular flexibility index (Phi) is 4.75. The normalized spacial score (nSPS) is 17.0. The van der Waals surface area contributed by atoms with E-state index in [1.165, 1.54) is 17.2 Å². The second-order valence-corrected chi connectivity index (χ2v) is 5.66. The third-order valence-electron chi connectivity index (χ3n) is 4.05. The Bertz CT molecular complexity index is 681. The molecule has 0 radical (unpaired) electrons. The molecule has 0 saturated carbocycles. The Morgan fingerprint density at radius 1 is 1.30 bits per heavy atom. The highest BCUT2D eigenvalue weighted by Gasteiger charge is 2.21. The Labute approximate surface area is 130 Å². The number of nitrogens with zero attached hydrogens (tertiary/aromatic N) is 5. The van der Waals surface area contributed by atoms with E-state index < -0.39 is 17.7 Å². The van der Waals surface area contributed by atoms with Gasteiger partial charge in [-0.25, -0.2) is 13.8 Å². The Morgan fingerprint density at radius 3 is 2.70 bits per heavy atom. The summed E-state index contributed by atoms with van der Waals surface area (Å²) in [5.41, 5.74) is -0.899. The zero-order chi connectivity index (χ0) is 16.2. The molecule has 0 amide bonds. The van der Waals surface area contributed by atoms with E-state index in [1.807, 2.05) is 0 Å². The molecule has 23 heavy (non-hydrogen) atoms. The molecule has 0 unspecified atom stereocenters. The zero-order valence-corrected chi connectivity index (χ0v) is 12.4. The molecule has 1 aliphatic heterocycles. The molecule has 0 aliphatic carbocycles. The first-order chi connectivity index (χ1) is 11.1. The second-order valence-electron chi connectivity index (χ2n) is 5.66. The number of alkyl halides is 2. The van der Waals surface area contributed by atoms with E-state index in [0.29, 0.717) is 24.9 Å². The van der Waals surface area contributed by atoms with Crippen molar-refractivity contribution < 1.29 is 13.3 Å². The summed E-state index contributed by atoms with van der Waals surface area (Å²) in [5.74, 6) is 0.914. The van der Waals surface area contributed by atoms with Crippen molar-refractivity contribution in [3.05, 3.63) is 40.7 Å². The van der Waals surface area contributed by atoms with Gasteiger partial charge in [-0.2, -0.15) is 4.98 Å². The topological polar surface area (TPSA) is 77.1 Å². The summed E-state index contributed by atoms with van der Waals surface area (Å²) in [6.45, 7) is 2.86. The van der Waals surface area contributed by atoms with Crippen LogP contribution >= 0.6 is 0 Å². The molecule has 3 heterocycles. The van der Waals surface area contributed by atoms with Crippen molar-refractivity contribution in [3.63, 3.8) is 0 Å². The predicted octanol–water partition coefficient (Wildman–Crippen LogP) is 1.48. The van der Waals surface area contributed by atoms with Crippen molar-refractivity contribution in [2.24, 2.45) is 5.92 Å². The van der Waals surface area contributed by atoms with Gasteiger partial charge >= 0.3 is 0 Å². The summed E-state index contributed by atoms with van der Waals surface area (Å²) in [4.78, 5) is 21.7. The lowest BCUT2D eigenvalue weighted by Gasteiger charge is -2.31. The number of aromatic nitrogens is 4. The van der Waals surface area contributed by atoms with Gasteiger partial charge in [0, 0.05) is 12.6 Å². The highest BCUT2D eigenvalue weighted by Crippen LogP contribution is 2.20. The Hall–Kier alpha value is -2.16. The number of rotatable bonds is 5. The predicted molar refractivity (Wildman–Crippen MR) is 75.8 cm³/mol. The number of piperidine rings is 1. The van der Waals surface area contributed by atoms with Gasteiger partial charge in [-0.1, -0.05) is 5.16 Å². The van der Waals surface area contributed by atoms with Crippen molar-refractivity contribution in [2.45, 2.75) is 32.4 Å². The fraction of sp³-hybridized carbons (Fsp3) is 0.571. The molecule has 9 heteroatoms. The summed E-state index contributed by atoms with van der Waals surface area (Å²) in [7, 11) is 0. The van der Waals surface area contributed by atoms with Crippen LogP contribution in [0.25, 0.3) is 0 Å². The van der Waals surface area contributed by atoms with Crippen molar-refractivity contribution in [3.8, 4) is 0 Å². The van der Waals surface area contributed by atoms with Gasteiger partial charge < -0.3 is 4.52 Å². The maximum atomic E-state index is 12.5. The third-order valence-corrected chi connectivity index (χ3v) is 4.05. The van der Waals surface area contributed by atoms with Gasteiger partial charge in [0.1, 0.15) is 5.69 Å². The van der Waals surface area contributed by atoms with Gasteiger partial charge in [0.25, 0.3) is 12.0 Å². The number of hydrogen-bond acceptors (Lipinski definition) is 6. The van der Waals surface area contributed by atoms with Crippen LogP contribution in [0.2, 0.25) is 0 Å². The molecular weight excluding hydrogens is 308 g/mol. The van der Waals surface area contributed by atoms with E-state index >= 15 is 0 Å². The highest BCUT2D eigenvalue weighted by atomic mass is 19.3. The average molecular weight is 325 g/mol. The maximum absolute atomic E-state index is 12.5.